The van der Waals surface area contributed by atoms with Crippen LogP contribution in [0.2, 0.25) is 0 Å². The second kappa shape index (κ2) is 4.75. The summed E-state index contributed by atoms with van der Waals surface area (Å²) in [5, 5.41) is 0. The number of halogens is 1. The van der Waals surface area contributed by atoms with Crippen LogP contribution in [0.15, 0.2) is 30.3 Å². The molecule has 1 aromatic rings. The Labute approximate surface area is 91.7 Å². The Balaban J connectivity index is 2.01. The Hall–Kier alpha value is -0.890. The Kier molecular flexibility index (Phi) is 2.96. The van der Waals surface area contributed by atoms with E-state index in [2.05, 4.69) is 0 Å². The van der Waals surface area contributed by atoms with Gasteiger partial charge in [-0.25, -0.2) is 4.39 Å². The molecule has 4 atom stereocenters. The van der Waals surface area contributed by atoms with Crippen molar-refractivity contribution in [2.24, 2.45) is 0 Å². The zero-order valence-corrected chi connectivity index (χ0v) is 8.90. The van der Waals surface area contributed by atoms with Gasteiger partial charge in [-0.3, -0.25) is 0 Å². The van der Waals surface area contributed by atoms with Gasteiger partial charge < -0.3 is 4.74 Å². The molecule has 1 heterocycles. The van der Waals surface area contributed by atoms with E-state index in [1.165, 1.54) is 0 Å². The Bertz CT molecular complexity index is 330. The van der Waals surface area contributed by atoms with Crippen LogP contribution in [0.4, 0.5) is 4.39 Å². The van der Waals surface area contributed by atoms with E-state index in [-0.39, 0.29) is 6.10 Å². The van der Waals surface area contributed by atoms with E-state index >= 15 is 0 Å². The number of rotatable bonds is 3. The number of hydrogen-bond donors (Lipinski definition) is 0. The summed E-state index contributed by atoms with van der Waals surface area (Å²) in [7, 11) is 0. The van der Waals surface area contributed by atoms with Gasteiger partial charge in [-0.1, -0.05) is 37.3 Å². The minimum absolute atomic E-state index is 0.247. The maximum atomic E-state index is 13.8. The van der Waals surface area contributed by atoms with Gasteiger partial charge in [-0.15, -0.1) is 0 Å². The lowest BCUT2D eigenvalue weighted by Gasteiger charge is -2.13. The van der Waals surface area contributed by atoms with Crippen LogP contribution in [0.25, 0.3) is 0 Å². The third-order valence-corrected chi connectivity index (χ3v) is 2.79. The predicted molar refractivity (Wildman–Crippen MR) is 58.6 cm³/mol. The van der Waals surface area contributed by atoms with Gasteiger partial charge in [0.2, 0.25) is 0 Å². The first-order valence-corrected chi connectivity index (χ1v) is 5.48. The Morgan fingerprint density at radius 3 is 2.80 bits per heavy atom. The van der Waals surface area contributed by atoms with Crippen molar-refractivity contribution in [2.75, 3.05) is 0 Å². The SMILES string of the molecule is [2H]C1[C@@H](CC)O[C@@H](Cc2ccccc2)[C@H]1F. The lowest BCUT2D eigenvalue weighted by atomic mass is 10.0. The van der Waals surface area contributed by atoms with Gasteiger partial charge in [0, 0.05) is 14.2 Å². The molecule has 1 unspecified atom stereocenters. The van der Waals surface area contributed by atoms with Gasteiger partial charge >= 0.3 is 0 Å². The van der Waals surface area contributed by atoms with Gasteiger partial charge in [0.15, 0.2) is 0 Å². The average molecular weight is 209 g/mol. The van der Waals surface area contributed by atoms with Crippen LogP contribution >= 0.6 is 0 Å². The second-order valence-electron chi connectivity index (χ2n) is 3.95. The molecule has 0 bridgehead atoms. The molecule has 2 heteroatoms. The first-order chi connectivity index (χ1) is 7.72. The molecule has 1 aromatic carbocycles. The highest BCUT2D eigenvalue weighted by Crippen LogP contribution is 2.27. The minimum atomic E-state index is -1.16. The molecule has 1 aliphatic rings. The topological polar surface area (TPSA) is 9.23 Å². The van der Waals surface area contributed by atoms with Crippen molar-refractivity contribution in [1.29, 1.82) is 0 Å². The van der Waals surface area contributed by atoms with Crippen molar-refractivity contribution in [2.45, 2.75) is 44.5 Å². The lowest BCUT2D eigenvalue weighted by Crippen LogP contribution is -2.20. The summed E-state index contributed by atoms with van der Waals surface area (Å²) in [5.74, 6) is 0. The molecular formula is C13H17FO. The maximum absolute atomic E-state index is 13.8. The molecule has 15 heavy (non-hydrogen) atoms. The van der Waals surface area contributed by atoms with E-state index < -0.39 is 18.7 Å². The molecule has 1 fully saturated rings. The molecule has 0 aromatic heterocycles. The summed E-state index contributed by atoms with van der Waals surface area (Å²) in [4.78, 5) is 0. The van der Waals surface area contributed by atoms with Crippen LogP contribution in [-0.4, -0.2) is 18.4 Å². The molecule has 0 amide bonds. The summed E-state index contributed by atoms with van der Waals surface area (Å²) >= 11 is 0. The van der Waals surface area contributed by atoms with Crippen molar-refractivity contribution in [3.8, 4) is 0 Å². The van der Waals surface area contributed by atoms with Gasteiger partial charge in [0.05, 0.1) is 12.2 Å². The van der Waals surface area contributed by atoms with E-state index in [9.17, 15) is 4.39 Å². The fourth-order valence-electron chi connectivity index (χ4n) is 1.91. The monoisotopic (exact) mass is 209 g/mol. The van der Waals surface area contributed by atoms with Gasteiger partial charge in [-0.2, -0.15) is 0 Å². The number of ether oxygens (including phenoxy) is 1. The molecule has 0 radical (unpaired) electrons. The first-order valence-electron chi connectivity index (χ1n) is 6.05. The zero-order valence-electron chi connectivity index (χ0n) is 9.90. The predicted octanol–water partition coefficient (Wildman–Crippen LogP) is 3.13. The number of hydrogen-bond acceptors (Lipinski definition) is 1. The standard InChI is InChI=1S/C13H17FO/c1-2-11-9-12(14)13(15-11)8-10-6-4-3-5-7-10/h3-7,11-13H,2,8-9H2,1H3/t11-,12+,13+/m1/s1/i9D/t9?,11-,12+,13+. The largest absolute Gasteiger partial charge is 0.372 e. The van der Waals surface area contributed by atoms with Crippen LogP contribution in [0.3, 0.4) is 0 Å². The van der Waals surface area contributed by atoms with Crippen LogP contribution in [0.1, 0.15) is 26.7 Å². The Morgan fingerprint density at radius 2 is 2.20 bits per heavy atom. The van der Waals surface area contributed by atoms with E-state index in [0.717, 1.165) is 5.56 Å². The summed E-state index contributed by atoms with van der Waals surface area (Å²) in [6, 6.07) is 9.75. The first kappa shape index (κ1) is 9.34. The minimum Gasteiger partial charge on any atom is -0.372 e. The summed E-state index contributed by atoms with van der Waals surface area (Å²) in [5.41, 5.74) is 1.07. The molecule has 2 rings (SSSR count). The van der Waals surface area contributed by atoms with Crippen molar-refractivity contribution in [3.63, 3.8) is 0 Å². The van der Waals surface area contributed by atoms with Crippen molar-refractivity contribution >= 4 is 0 Å². The van der Waals surface area contributed by atoms with Crippen molar-refractivity contribution in [3.05, 3.63) is 35.9 Å². The normalized spacial score (nSPS) is 36.5. The van der Waals surface area contributed by atoms with E-state index in [1.54, 1.807) is 0 Å². The summed E-state index contributed by atoms with van der Waals surface area (Å²) in [6.07, 6.45) is -1.31. The summed E-state index contributed by atoms with van der Waals surface area (Å²) < 4.78 is 27.1. The van der Waals surface area contributed by atoms with Gasteiger partial charge in [0.1, 0.15) is 6.17 Å². The third kappa shape index (κ3) is 2.57. The van der Waals surface area contributed by atoms with Gasteiger partial charge in [-0.05, 0) is 12.0 Å². The zero-order chi connectivity index (χ0) is 11.5. The van der Waals surface area contributed by atoms with Crippen LogP contribution in [-0.2, 0) is 11.2 Å². The van der Waals surface area contributed by atoms with Crippen molar-refractivity contribution < 1.29 is 10.5 Å². The lowest BCUT2D eigenvalue weighted by molar-refractivity contribution is 0.0278. The fourth-order valence-corrected chi connectivity index (χ4v) is 1.91. The fraction of sp³-hybridized carbons (Fsp3) is 0.538. The van der Waals surface area contributed by atoms with Crippen LogP contribution in [0, 0.1) is 0 Å². The molecular weight excluding hydrogens is 191 g/mol. The smallest absolute Gasteiger partial charge is 0.129 e. The number of alkyl halides is 1. The van der Waals surface area contributed by atoms with E-state index in [4.69, 9.17) is 6.11 Å². The second-order valence-corrected chi connectivity index (χ2v) is 3.95. The Morgan fingerprint density at radius 1 is 1.47 bits per heavy atom. The summed E-state index contributed by atoms with van der Waals surface area (Å²) in [6.45, 7) is 1.93. The third-order valence-electron chi connectivity index (χ3n) is 2.79. The van der Waals surface area contributed by atoms with Crippen LogP contribution < -0.4 is 0 Å². The molecule has 1 nitrogen and oxygen atoms in total. The molecule has 0 N–H and O–H groups in total. The van der Waals surface area contributed by atoms with Crippen molar-refractivity contribution in [1.82, 2.24) is 0 Å². The molecule has 82 valence electrons. The average Bonchev–Trinajstić information content (AvgIpc) is 2.58. The quantitative estimate of drug-likeness (QED) is 0.743. The molecule has 0 saturated carbocycles. The number of benzene rings is 1. The van der Waals surface area contributed by atoms with E-state index in [1.807, 2.05) is 37.3 Å². The molecule has 0 spiro atoms. The molecule has 1 saturated heterocycles. The van der Waals surface area contributed by atoms with E-state index in [0.29, 0.717) is 12.8 Å². The molecule has 0 aliphatic carbocycles. The highest BCUT2D eigenvalue weighted by atomic mass is 19.1. The van der Waals surface area contributed by atoms with Crippen LogP contribution in [0.5, 0.6) is 0 Å². The highest BCUT2D eigenvalue weighted by molar-refractivity contribution is 5.16. The maximum Gasteiger partial charge on any atom is 0.129 e. The highest BCUT2D eigenvalue weighted by Gasteiger charge is 2.34. The molecule has 1 aliphatic heterocycles. The van der Waals surface area contributed by atoms with Gasteiger partial charge in [0.25, 0.3) is 0 Å².